The van der Waals surface area contributed by atoms with E-state index in [1.54, 1.807) is 6.07 Å². The molecule has 0 radical (unpaired) electrons. The summed E-state index contributed by atoms with van der Waals surface area (Å²) in [6.45, 7) is 1.17. The summed E-state index contributed by atoms with van der Waals surface area (Å²) >= 11 is 0. The quantitative estimate of drug-likeness (QED) is 0.702. The van der Waals surface area contributed by atoms with Crippen LogP contribution in [-0.4, -0.2) is 22.2 Å². The van der Waals surface area contributed by atoms with Gasteiger partial charge < -0.3 is 4.90 Å². The third-order valence-corrected chi connectivity index (χ3v) is 4.88. The number of amides is 1. The van der Waals surface area contributed by atoms with Crippen molar-refractivity contribution < 1.29 is 4.79 Å². The zero-order valence-electron chi connectivity index (χ0n) is 15.0. The van der Waals surface area contributed by atoms with Crippen molar-refractivity contribution in [2.75, 3.05) is 11.4 Å². The summed E-state index contributed by atoms with van der Waals surface area (Å²) in [7, 11) is 0. The summed E-state index contributed by atoms with van der Waals surface area (Å²) in [5.41, 5.74) is 3.82. The van der Waals surface area contributed by atoms with Crippen LogP contribution in [0.25, 0.3) is 11.3 Å². The number of hydrogen-bond donors (Lipinski definition) is 0. The van der Waals surface area contributed by atoms with Crippen molar-refractivity contribution in [2.45, 2.75) is 25.8 Å². The van der Waals surface area contributed by atoms with Gasteiger partial charge in [0.2, 0.25) is 5.91 Å². The first kappa shape index (κ1) is 17.2. The van der Waals surface area contributed by atoms with E-state index in [4.69, 9.17) is 0 Å². The maximum atomic E-state index is 12.6. The lowest BCUT2D eigenvalue weighted by Crippen LogP contribution is -2.29. The lowest BCUT2D eigenvalue weighted by molar-refractivity contribution is -0.118. The van der Waals surface area contributed by atoms with Crippen molar-refractivity contribution in [1.82, 2.24) is 9.78 Å². The number of fused-ring (bicyclic) bond motifs is 1. The Morgan fingerprint density at radius 2 is 1.74 bits per heavy atom. The van der Waals surface area contributed by atoms with Gasteiger partial charge in [-0.25, -0.2) is 4.68 Å². The van der Waals surface area contributed by atoms with Crippen molar-refractivity contribution in [2.24, 2.45) is 0 Å². The van der Waals surface area contributed by atoms with E-state index in [1.165, 1.54) is 16.3 Å². The fourth-order valence-corrected chi connectivity index (χ4v) is 3.48. The van der Waals surface area contributed by atoms with Crippen LogP contribution in [0.5, 0.6) is 0 Å². The average Bonchev–Trinajstić information content (AvgIpc) is 3.14. The average molecular weight is 359 g/mol. The molecule has 3 aromatic rings. The Morgan fingerprint density at radius 3 is 2.59 bits per heavy atom. The Bertz CT molecular complexity index is 1010. The van der Waals surface area contributed by atoms with Gasteiger partial charge in [0.1, 0.15) is 0 Å². The second-order valence-corrected chi connectivity index (χ2v) is 6.67. The zero-order valence-corrected chi connectivity index (χ0v) is 15.0. The number of benzene rings is 2. The molecule has 5 nitrogen and oxygen atoms in total. The first-order valence-corrected chi connectivity index (χ1v) is 9.24. The van der Waals surface area contributed by atoms with Crippen molar-refractivity contribution in [3.63, 3.8) is 0 Å². The molecule has 1 aliphatic rings. The Labute approximate surface area is 157 Å². The van der Waals surface area contributed by atoms with Gasteiger partial charge in [0.05, 0.1) is 5.69 Å². The summed E-state index contributed by atoms with van der Waals surface area (Å²) in [5, 5.41) is 4.45. The summed E-state index contributed by atoms with van der Waals surface area (Å²) in [6.07, 6.45) is 1.89. The van der Waals surface area contributed by atoms with E-state index >= 15 is 0 Å². The van der Waals surface area contributed by atoms with E-state index < -0.39 is 0 Å². The zero-order chi connectivity index (χ0) is 18.6. The molecule has 0 saturated carbocycles. The highest BCUT2D eigenvalue weighted by Gasteiger charge is 2.23. The smallest absolute Gasteiger partial charge is 0.266 e. The largest absolute Gasteiger partial charge is 0.312 e. The second kappa shape index (κ2) is 7.58. The first-order valence-electron chi connectivity index (χ1n) is 9.24. The summed E-state index contributed by atoms with van der Waals surface area (Å²) < 4.78 is 1.45. The molecular weight excluding hydrogens is 338 g/mol. The normalized spacial score (nSPS) is 12.8. The van der Waals surface area contributed by atoms with Crippen LogP contribution in [-0.2, 0) is 17.8 Å². The molecule has 1 aromatic heterocycles. The van der Waals surface area contributed by atoms with Gasteiger partial charge in [-0.3, -0.25) is 9.59 Å². The minimum absolute atomic E-state index is 0.104. The molecule has 0 saturated heterocycles. The van der Waals surface area contributed by atoms with Crippen LogP contribution < -0.4 is 10.5 Å². The van der Waals surface area contributed by atoms with Gasteiger partial charge in [-0.2, -0.15) is 5.10 Å². The third-order valence-electron chi connectivity index (χ3n) is 4.88. The molecule has 0 aliphatic carbocycles. The predicted molar refractivity (Wildman–Crippen MR) is 106 cm³/mol. The molecule has 1 amide bonds. The van der Waals surface area contributed by atoms with Crippen LogP contribution in [0.4, 0.5) is 5.69 Å². The van der Waals surface area contributed by atoms with Crippen molar-refractivity contribution in [3.05, 3.63) is 82.6 Å². The minimum Gasteiger partial charge on any atom is -0.312 e. The SMILES string of the molecule is O=C(CCCn1nc(-c2ccccc2)ccc1=O)N1CCc2ccccc21. The van der Waals surface area contributed by atoms with Gasteiger partial charge in [0.25, 0.3) is 5.56 Å². The van der Waals surface area contributed by atoms with Gasteiger partial charge in [-0.1, -0.05) is 48.5 Å². The lowest BCUT2D eigenvalue weighted by Gasteiger charge is -2.17. The third kappa shape index (κ3) is 3.67. The molecule has 27 heavy (non-hydrogen) atoms. The lowest BCUT2D eigenvalue weighted by atomic mass is 10.1. The molecule has 0 fully saturated rings. The number of hydrogen-bond acceptors (Lipinski definition) is 3. The Hall–Kier alpha value is -3.21. The number of rotatable bonds is 5. The fraction of sp³-hybridized carbons (Fsp3) is 0.227. The molecule has 0 atom stereocenters. The van der Waals surface area contributed by atoms with Crippen LogP contribution in [0, 0.1) is 0 Å². The van der Waals surface area contributed by atoms with Crippen LogP contribution in [0.2, 0.25) is 0 Å². The number of anilines is 1. The van der Waals surface area contributed by atoms with Crippen molar-refractivity contribution >= 4 is 11.6 Å². The van der Waals surface area contributed by atoms with Crippen LogP contribution in [0.3, 0.4) is 0 Å². The molecule has 0 unspecified atom stereocenters. The Morgan fingerprint density at radius 1 is 0.963 bits per heavy atom. The number of carbonyl (C=O) groups excluding carboxylic acids is 1. The first-order chi connectivity index (χ1) is 13.2. The number of carbonyl (C=O) groups is 1. The van der Waals surface area contributed by atoms with E-state index in [9.17, 15) is 9.59 Å². The highest BCUT2D eigenvalue weighted by atomic mass is 16.2. The van der Waals surface area contributed by atoms with Gasteiger partial charge in [-0.05, 0) is 30.5 Å². The van der Waals surface area contributed by atoms with Gasteiger partial charge >= 0.3 is 0 Å². The number of aromatic nitrogens is 2. The molecule has 0 bridgehead atoms. The number of para-hydroxylation sites is 1. The van der Waals surface area contributed by atoms with Crippen LogP contribution in [0.1, 0.15) is 18.4 Å². The summed E-state index contributed by atoms with van der Waals surface area (Å²) in [4.78, 5) is 26.5. The number of aryl methyl sites for hydroxylation is 1. The Balaban J connectivity index is 1.41. The van der Waals surface area contributed by atoms with Crippen molar-refractivity contribution in [3.8, 4) is 11.3 Å². The fourth-order valence-electron chi connectivity index (χ4n) is 3.48. The van der Waals surface area contributed by atoms with E-state index in [-0.39, 0.29) is 11.5 Å². The molecule has 4 rings (SSSR count). The highest BCUT2D eigenvalue weighted by molar-refractivity contribution is 5.95. The molecule has 2 aromatic carbocycles. The topological polar surface area (TPSA) is 55.2 Å². The summed E-state index contributed by atoms with van der Waals surface area (Å²) in [5.74, 6) is 0.104. The summed E-state index contributed by atoms with van der Waals surface area (Å²) in [6, 6.07) is 21.1. The van der Waals surface area contributed by atoms with Gasteiger partial charge in [0, 0.05) is 36.8 Å². The molecule has 0 N–H and O–H groups in total. The molecule has 5 heteroatoms. The molecular formula is C22H21N3O2. The minimum atomic E-state index is -0.145. The second-order valence-electron chi connectivity index (χ2n) is 6.67. The van der Waals surface area contributed by atoms with Crippen LogP contribution >= 0.6 is 0 Å². The van der Waals surface area contributed by atoms with E-state index in [1.807, 2.05) is 53.4 Å². The Kier molecular flexibility index (Phi) is 4.83. The maximum absolute atomic E-state index is 12.6. The monoisotopic (exact) mass is 359 g/mol. The van der Waals surface area contributed by atoms with Gasteiger partial charge in [0.15, 0.2) is 0 Å². The maximum Gasteiger partial charge on any atom is 0.266 e. The predicted octanol–water partition coefficient (Wildman–Crippen LogP) is 3.28. The van der Waals surface area contributed by atoms with E-state index in [0.29, 0.717) is 19.4 Å². The van der Waals surface area contributed by atoms with Crippen LogP contribution in [0.15, 0.2) is 71.5 Å². The molecule has 136 valence electrons. The molecule has 2 heterocycles. The van der Waals surface area contributed by atoms with E-state index in [0.717, 1.165) is 29.9 Å². The molecule has 0 spiro atoms. The van der Waals surface area contributed by atoms with E-state index in [2.05, 4.69) is 11.2 Å². The molecule has 1 aliphatic heterocycles. The standard InChI is InChI=1S/C22H21N3O2/c26-21(24-16-14-18-9-4-5-10-20(18)24)11-6-15-25-22(27)13-12-19(23-25)17-7-2-1-3-8-17/h1-5,7-10,12-13H,6,11,14-16H2. The van der Waals surface area contributed by atoms with Gasteiger partial charge in [-0.15, -0.1) is 0 Å². The number of nitrogens with zero attached hydrogens (tertiary/aromatic N) is 3. The highest BCUT2D eigenvalue weighted by Crippen LogP contribution is 2.28. The van der Waals surface area contributed by atoms with Crippen molar-refractivity contribution in [1.29, 1.82) is 0 Å².